The molecule has 0 fully saturated rings. The summed E-state index contributed by atoms with van der Waals surface area (Å²) in [7, 11) is 0. The molecule has 19 heavy (non-hydrogen) atoms. The first kappa shape index (κ1) is 13.6. The first-order valence-corrected chi connectivity index (χ1v) is 6.39. The van der Waals surface area contributed by atoms with Crippen molar-refractivity contribution in [3.05, 3.63) is 54.1 Å². The molecule has 0 amide bonds. The molecule has 0 radical (unpaired) electrons. The van der Waals surface area contributed by atoms with E-state index in [-0.39, 0.29) is 6.61 Å². The standard InChI is InChI=1S/C16H19NO2/c1-12-3-2-4-14(9-12)13-5-7-15(8-6-13)17-10-16(19)11-18/h2-9,16-19H,10-11H2,1H3. The van der Waals surface area contributed by atoms with E-state index in [1.807, 2.05) is 24.3 Å². The lowest BCUT2D eigenvalue weighted by molar-refractivity contribution is 0.105. The molecule has 0 saturated heterocycles. The molecule has 3 nitrogen and oxygen atoms in total. The van der Waals surface area contributed by atoms with Crippen molar-refractivity contribution in [2.45, 2.75) is 13.0 Å². The van der Waals surface area contributed by atoms with Crippen molar-refractivity contribution in [1.82, 2.24) is 0 Å². The Hall–Kier alpha value is -1.84. The third-order valence-corrected chi connectivity index (χ3v) is 2.99. The maximum Gasteiger partial charge on any atom is 0.0942 e. The molecule has 3 heteroatoms. The van der Waals surface area contributed by atoms with Crippen LogP contribution in [-0.2, 0) is 0 Å². The minimum Gasteiger partial charge on any atom is -0.394 e. The minimum absolute atomic E-state index is 0.228. The van der Waals surface area contributed by atoms with Crippen molar-refractivity contribution >= 4 is 5.69 Å². The van der Waals surface area contributed by atoms with E-state index < -0.39 is 6.10 Å². The Morgan fingerprint density at radius 3 is 2.42 bits per heavy atom. The Balaban J connectivity index is 2.06. The van der Waals surface area contributed by atoms with E-state index in [1.54, 1.807) is 0 Å². The molecular formula is C16H19NO2. The van der Waals surface area contributed by atoms with Gasteiger partial charge in [-0.1, -0.05) is 42.0 Å². The average Bonchev–Trinajstić information content (AvgIpc) is 2.45. The molecule has 1 atom stereocenters. The van der Waals surface area contributed by atoms with Crippen LogP contribution < -0.4 is 5.32 Å². The Bertz CT molecular complexity index is 523. The molecule has 0 bridgehead atoms. The quantitative estimate of drug-likeness (QED) is 0.771. The highest BCUT2D eigenvalue weighted by molar-refractivity contribution is 5.66. The van der Waals surface area contributed by atoms with Crippen LogP contribution in [0.4, 0.5) is 5.69 Å². The van der Waals surface area contributed by atoms with Crippen LogP contribution in [-0.4, -0.2) is 29.5 Å². The third kappa shape index (κ3) is 3.81. The number of aliphatic hydroxyl groups excluding tert-OH is 2. The van der Waals surface area contributed by atoms with Gasteiger partial charge < -0.3 is 15.5 Å². The molecular weight excluding hydrogens is 238 g/mol. The minimum atomic E-state index is -0.726. The molecule has 0 aliphatic carbocycles. The molecule has 2 aromatic carbocycles. The zero-order valence-corrected chi connectivity index (χ0v) is 11.0. The summed E-state index contributed by atoms with van der Waals surface area (Å²) < 4.78 is 0. The molecule has 1 unspecified atom stereocenters. The topological polar surface area (TPSA) is 52.5 Å². The first-order valence-electron chi connectivity index (χ1n) is 6.39. The lowest BCUT2D eigenvalue weighted by Gasteiger charge is -2.11. The van der Waals surface area contributed by atoms with E-state index in [0.717, 1.165) is 11.3 Å². The summed E-state index contributed by atoms with van der Waals surface area (Å²) >= 11 is 0. The normalized spacial score (nSPS) is 12.2. The monoisotopic (exact) mass is 257 g/mol. The maximum atomic E-state index is 9.27. The largest absolute Gasteiger partial charge is 0.394 e. The maximum absolute atomic E-state index is 9.27. The summed E-state index contributed by atoms with van der Waals surface area (Å²) in [4.78, 5) is 0. The fraction of sp³-hybridized carbons (Fsp3) is 0.250. The molecule has 3 N–H and O–H groups in total. The van der Waals surface area contributed by atoms with E-state index in [0.29, 0.717) is 6.54 Å². The molecule has 0 aliphatic heterocycles. The van der Waals surface area contributed by atoms with Gasteiger partial charge in [-0.25, -0.2) is 0 Å². The van der Waals surface area contributed by atoms with Gasteiger partial charge in [-0.05, 0) is 30.2 Å². The van der Waals surface area contributed by atoms with Gasteiger partial charge in [0.1, 0.15) is 0 Å². The summed E-state index contributed by atoms with van der Waals surface area (Å²) in [6.45, 7) is 2.20. The molecule has 0 heterocycles. The lowest BCUT2D eigenvalue weighted by Crippen LogP contribution is -2.22. The number of aryl methyl sites for hydroxylation is 1. The molecule has 2 rings (SSSR count). The summed E-state index contributed by atoms with van der Waals surface area (Å²) in [5, 5.41) is 21.1. The Morgan fingerprint density at radius 2 is 1.79 bits per heavy atom. The highest BCUT2D eigenvalue weighted by Gasteiger charge is 2.02. The van der Waals surface area contributed by atoms with E-state index in [4.69, 9.17) is 5.11 Å². The summed E-state index contributed by atoms with van der Waals surface area (Å²) in [6, 6.07) is 16.4. The predicted molar refractivity (Wildman–Crippen MR) is 78.2 cm³/mol. The van der Waals surface area contributed by atoms with Crippen molar-refractivity contribution in [3.8, 4) is 11.1 Å². The van der Waals surface area contributed by atoms with Gasteiger partial charge in [0.15, 0.2) is 0 Å². The number of hydrogen-bond donors (Lipinski definition) is 3. The van der Waals surface area contributed by atoms with Crippen LogP contribution in [0, 0.1) is 6.92 Å². The molecule has 0 saturated carbocycles. The molecule has 100 valence electrons. The number of rotatable bonds is 5. The van der Waals surface area contributed by atoms with Gasteiger partial charge >= 0.3 is 0 Å². The van der Waals surface area contributed by atoms with Crippen molar-refractivity contribution in [2.24, 2.45) is 0 Å². The van der Waals surface area contributed by atoms with E-state index >= 15 is 0 Å². The van der Waals surface area contributed by atoms with Gasteiger partial charge in [-0.3, -0.25) is 0 Å². The fourth-order valence-corrected chi connectivity index (χ4v) is 1.91. The fourth-order valence-electron chi connectivity index (χ4n) is 1.91. The predicted octanol–water partition coefficient (Wildman–Crippen LogP) is 2.43. The van der Waals surface area contributed by atoms with E-state index in [1.165, 1.54) is 11.1 Å². The lowest BCUT2D eigenvalue weighted by atomic mass is 10.0. The van der Waals surface area contributed by atoms with Crippen LogP contribution >= 0.6 is 0 Å². The highest BCUT2D eigenvalue weighted by atomic mass is 16.3. The Labute approximate surface area is 113 Å². The second kappa shape index (κ2) is 6.36. The van der Waals surface area contributed by atoms with Crippen molar-refractivity contribution in [1.29, 1.82) is 0 Å². The van der Waals surface area contributed by atoms with Gasteiger partial charge in [0, 0.05) is 12.2 Å². The average molecular weight is 257 g/mol. The van der Waals surface area contributed by atoms with E-state index in [2.05, 4.69) is 36.5 Å². The SMILES string of the molecule is Cc1cccc(-c2ccc(NCC(O)CO)cc2)c1. The smallest absolute Gasteiger partial charge is 0.0942 e. The van der Waals surface area contributed by atoms with Crippen LogP contribution in [0.3, 0.4) is 0 Å². The summed E-state index contributed by atoms with van der Waals surface area (Å²) in [6.07, 6.45) is -0.726. The third-order valence-electron chi connectivity index (χ3n) is 2.99. The molecule has 0 aromatic heterocycles. The second-order valence-electron chi connectivity index (χ2n) is 4.66. The number of nitrogens with one attached hydrogen (secondary N) is 1. The zero-order valence-electron chi connectivity index (χ0n) is 11.0. The Kier molecular flexibility index (Phi) is 4.55. The number of hydrogen-bond acceptors (Lipinski definition) is 3. The molecule has 2 aromatic rings. The zero-order chi connectivity index (χ0) is 13.7. The van der Waals surface area contributed by atoms with Crippen molar-refractivity contribution < 1.29 is 10.2 Å². The number of aliphatic hydroxyl groups is 2. The van der Waals surface area contributed by atoms with Crippen molar-refractivity contribution in [2.75, 3.05) is 18.5 Å². The van der Waals surface area contributed by atoms with E-state index in [9.17, 15) is 5.11 Å². The van der Waals surface area contributed by atoms with Crippen LogP contribution in [0.5, 0.6) is 0 Å². The van der Waals surface area contributed by atoms with Gasteiger partial charge in [0.05, 0.1) is 12.7 Å². The molecule has 0 aliphatic rings. The number of benzene rings is 2. The molecule has 0 spiro atoms. The summed E-state index contributed by atoms with van der Waals surface area (Å²) in [5.41, 5.74) is 4.54. The van der Waals surface area contributed by atoms with Crippen LogP contribution in [0.15, 0.2) is 48.5 Å². The van der Waals surface area contributed by atoms with Gasteiger partial charge in [0.2, 0.25) is 0 Å². The van der Waals surface area contributed by atoms with Crippen molar-refractivity contribution in [3.63, 3.8) is 0 Å². The Morgan fingerprint density at radius 1 is 1.05 bits per heavy atom. The first-order chi connectivity index (χ1) is 9.19. The van der Waals surface area contributed by atoms with Gasteiger partial charge in [-0.2, -0.15) is 0 Å². The van der Waals surface area contributed by atoms with Crippen LogP contribution in [0.2, 0.25) is 0 Å². The second-order valence-corrected chi connectivity index (χ2v) is 4.66. The van der Waals surface area contributed by atoms with Crippen LogP contribution in [0.25, 0.3) is 11.1 Å². The van der Waals surface area contributed by atoms with Gasteiger partial charge in [0.25, 0.3) is 0 Å². The highest BCUT2D eigenvalue weighted by Crippen LogP contribution is 2.22. The summed E-state index contributed by atoms with van der Waals surface area (Å²) in [5.74, 6) is 0. The van der Waals surface area contributed by atoms with Gasteiger partial charge in [-0.15, -0.1) is 0 Å². The van der Waals surface area contributed by atoms with Crippen LogP contribution in [0.1, 0.15) is 5.56 Å². The number of anilines is 1.